The molecule has 2 aromatic rings. The van der Waals surface area contributed by atoms with Gasteiger partial charge in [0.1, 0.15) is 5.75 Å². The van der Waals surface area contributed by atoms with Gasteiger partial charge in [-0.25, -0.2) is 0 Å². The topological polar surface area (TPSA) is 46.6 Å². The minimum atomic E-state index is -0.0113. The van der Waals surface area contributed by atoms with Crippen LogP contribution in [0.3, 0.4) is 0 Å². The Morgan fingerprint density at radius 1 is 1.32 bits per heavy atom. The Bertz CT molecular complexity index is 722. The summed E-state index contributed by atoms with van der Waals surface area (Å²) < 4.78 is 5.24. The molecule has 0 saturated carbocycles. The highest BCUT2D eigenvalue weighted by atomic mass is 32.1. The van der Waals surface area contributed by atoms with Gasteiger partial charge in [0.15, 0.2) is 5.78 Å². The summed E-state index contributed by atoms with van der Waals surface area (Å²) in [5, 5.41) is 1.76. The van der Waals surface area contributed by atoms with Crippen LogP contribution in [0.4, 0.5) is 0 Å². The smallest absolute Gasteiger partial charge is 0.255 e. The first kappa shape index (κ1) is 14.8. The molecule has 0 radical (unpaired) electrons. The van der Waals surface area contributed by atoms with Gasteiger partial charge in [-0.05, 0) is 37.1 Å². The van der Waals surface area contributed by atoms with E-state index in [9.17, 15) is 9.59 Å². The summed E-state index contributed by atoms with van der Waals surface area (Å²) in [7, 11) is 1.64. The van der Waals surface area contributed by atoms with Gasteiger partial charge in [0.2, 0.25) is 0 Å². The minimum absolute atomic E-state index is 0.00277. The highest BCUT2D eigenvalue weighted by molar-refractivity contribution is 7.12. The van der Waals surface area contributed by atoms with Gasteiger partial charge in [-0.1, -0.05) is 12.1 Å². The Hall–Kier alpha value is -2.14. The summed E-state index contributed by atoms with van der Waals surface area (Å²) in [4.78, 5) is 26.4. The number of ketones is 1. The zero-order valence-corrected chi connectivity index (χ0v) is 13.4. The fraction of sp³-hybridized carbons (Fsp3) is 0.294. The number of benzene rings is 1. The average Bonchev–Trinajstić information content (AvgIpc) is 2.96. The largest absolute Gasteiger partial charge is 0.497 e. The number of carbonyl (C=O) groups is 2. The molecule has 1 atom stereocenters. The third-order valence-corrected chi connectivity index (χ3v) is 4.98. The fourth-order valence-electron chi connectivity index (χ4n) is 2.62. The van der Waals surface area contributed by atoms with Crippen molar-refractivity contribution >= 4 is 23.0 Å². The van der Waals surface area contributed by atoms with Crippen molar-refractivity contribution in [3.8, 4) is 5.75 Å². The molecule has 1 saturated heterocycles. The first-order chi connectivity index (χ1) is 10.6. The van der Waals surface area contributed by atoms with Crippen molar-refractivity contribution < 1.29 is 14.3 Å². The maximum absolute atomic E-state index is 12.6. The van der Waals surface area contributed by atoms with Gasteiger partial charge in [0.05, 0.1) is 23.6 Å². The van der Waals surface area contributed by atoms with Gasteiger partial charge >= 0.3 is 0 Å². The molecule has 114 valence electrons. The second-order valence-electron chi connectivity index (χ2n) is 5.34. The van der Waals surface area contributed by atoms with Crippen LogP contribution < -0.4 is 4.74 Å². The number of hydrogen-bond donors (Lipinski definition) is 0. The summed E-state index contributed by atoms with van der Waals surface area (Å²) in [5.74, 6) is 0.783. The van der Waals surface area contributed by atoms with Crippen LogP contribution in [0.25, 0.3) is 0 Å². The number of hydrogen-bond acceptors (Lipinski definition) is 4. The Morgan fingerprint density at radius 3 is 2.73 bits per heavy atom. The third kappa shape index (κ3) is 2.64. The van der Waals surface area contributed by atoms with Crippen molar-refractivity contribution in [3.63, 3.8) is 0 Å². The Morgan fingerprint density at radius 2 is 2.14 bits per heavy atom. The van der Waals surface area contributed by atoms with Gasteiger partial charge < -0.3 is 9.64 Å². The van der Waals surface area contributed by atoms with Crippen molar-refractivity contribution in [2.45, 2.75) is 19.4 Å². The first-order valence-corrected chi connectivity index (χ1v) is 8.02. The van der Waals surface area contributed by atoms with E-state index in [4.69, 9.17) is 4.74 Å². The SMILES string of the molecule is COc1cccc(C2CCN2C(=O)c2csc(C(C)=O)c2)c1. The number of rotatable bonds is 4. The Kier molecular flexibility index (Phi) is 3.98. The number of likely N-dealkylation sites (tertiary alicyclic amines) is 1. The number of nitrogens with zero attached hydrogens (tertiary/aromatic N) is 1. The average molecular weight is 315 g/mol. The first-order valence-electron chi connectivity index (χ1n) is 7.14. The van der Waals surface area contributed by atoms with Crippen molar-refractivity contribution in [2.24, 2.45) is 0 Å². The van der Waals surface area contributed by atoms with Crippen LogP contribution in [0.2, 0.25) is 0 Å². The van der Waals surface area contributed by atoms with Crippen LogP contribution in [-0.4, -0.2) is 30.2 Å². The van der Waals surface area contributed by atoms with Gasteiger partial charge in [-0.2, -0.15) is 0 Å². The molecule has 1 aromatic heterocycles. The molecule has 1 amide bonds. The van der Waals surface area contributed by atoms with Crippen LogP contribution in [0, 0.1) is 0 Å². The molecule has 5 heteroatoms. The highest BCUT2D eigenvalue weighted by Crippen LogP contribution is 2.36. The van der Waals surface area contributed by atoms with Crippen molar-refractivity contribution in [1.82, 2.24) is 4.90 Å². The lowest BCUT2D eigenvalue weighted by molar-refractivity contribution is 0.0460. The fourth-order valence-corrected chi connectivity index (χ4v) is 3.41. The van der Waals surface area contributed by atoms with Crippen LogP contribution in [0.5, 0.6) is 5.75 Å². The molecule has 4 nitrogen and oxygen atoms in total. The molecule has 1 fully saturated rings. The molecular formula is C17H17NO3S. The van der Waals surface area contributed by atoms with Crippen molar-refractivity contribution in [1.29, 1.82) is 0 Å². The standard InChI is InChI=1S/C17H17NO3S/c1-11(19)16-9-13(10-22-16)17(20)18-7-6-15(18)12-4-3-5-14(8-12)21-2/h3-5,8-10,15H,6-7H2,1-2H3. The van der Waals surface area contributed by atoms with E-state index in [1.807, 2.05) is 29.2 Å². The van der Waals surface area contributed by atoms with E-state index in [0.29, 0.717) is 10.4 Å². The molecular weight excluding hydrogens is 298 g/mol. The second-order valence-corrected chi connectivity index (χ2v) is 6.25. The van der Waals surface area contributed by atoms with Crippen LogP contribution in [0.15, 0.2) is 35.7 Å². The van der Waals surface area contributed by atoms with E-state index < -0.39 is 0 Å². The molecule has 1 aliphatic rings. The van der Waals surface area contributed by atoms with E-state index >= 15 is 0 Å². The number of carbonyl (C=O) groups excluding carboxylic acids is 2. The van der Waals surface area contributed by atoms with Crippen molar-refractivity contribution in [3.05, 3.63) is 51.7 Å². The van der Waals surface area contributed by atoms with E-state index in [2.05, 4.69) is 0 Å². The third-order valence-electron chi connectivity index (χ3n) is 3.95. The van der Waals surface area contributed by atoms with Crippen LogP contribution in [0.1, 0.15) is 45.0 Å². The lowest BCUT2D eigenvalue weighted by Crippen LogP contribution is -2.45. The van der Waals surface area contributed by atoms with Crippen LogP contribution in [-0.2, 0) is 0 Å². The molecule has 22 heavy (non-hydrogen) atoms. The molecule has 3 rings (SSSR count). The predicted molar refractivity (Wildman–Crippen MR) is 85.7 cm³/mol. The van der Waals surface area contributed by atoms with Gasteiger partial charge in [-0.15, -0.1) is 11.3 Å². The maximum Gasteiger partial charge on any atom is 0.255 e. The highest BCUT2D eigenvalue weighted by Gasteiger charge is 2.34. The maximum atomic E-state index is 12.6. The number of amides is 1. The molecule has 1 aliphatic heterocycles. The summed E-state index contributed by atoms with van der Waals surface area (Å²) in [6.45, 7) is 2.26. The number of thiophene rings is 1. The lowest BCUT2D eigenvalue weighted by atomic mass is 9.93. The second kappa shape index (κ2) is 5.93. The molecule has 1 unspecified atom stereocenters. The van der Waals surface area contributed by atoms with E-state index in [1.54, 1.807) is 18.6 Å². The zero-order valence-electron chi connectivity index (χ0n) is 12.5. The predicted octanol–water partition coefficient (Wildman–Crippen LogP) is 3.55. The summed E-state index contributed by atoms with van der Waals surface area (Å²) in [5.41, 5.74) is 1.68. The van der Waals surface area contributed by atoms with Gasteiger partial charge in [-0.3, -0.25) is 9.59 Å². The van der Waals surface area contributed by atoms with Gasteiger partial charge in [0.25, 0.3) is 5.91 Å². The minimum Gasteiger partial charge on any atom is -0.497 e. The quantitative estimate of drug-likeness (QED) is 0.811. The Labute approximate surface area is 133 Å². The number of methoxy groups -OCH3 is 1. The molecule has 0 aliphatic carbocycles. The normalized spacial score (nSPS) is 17.0. The molecule has 1 aromatic carbocycles. The van der Waals surface area contributed by atoms with Crippen LogP contribution >= 0.6 is 11.3 Å². The zero-order chi connectivity index (χ0) is 15.7. The summed E-state index contributed by atoms with van der Waals surface area (Å²) in [6.07, 6.45) is 0.947. The molecule has 0 spiro atoms. The number of ether oxygens (including phenoxy) is 1. The van der Waals surface area contributed by atoms with Crippen molar-refractivity contribution in [2.75, 3.05) is 13.7 Å². The van der Waals surface area contributed by atoms with Gasteiger partial charge in [0, 0.05) is 11.9 Å². The molecule has 0 bridgehead atoms. The monoisotopic (exact) mass is 315 g/mol. The van der Waals surface area contributed by atoms with E-state index in [1.165, 1.54) is 18.3 Å². The molecule has 2 heterocycles. The lowest BCUT2D eigenvalue weighted by Gasteiger charge is -2.41. The Balaban J connectivity index is 1.79. The van der Waals surface area contributed by atoms with E-state index in [0.717, 1.165) is 24.3 Å². The molecule has 0 N–H and O–H groups in total. The number of Topliss-reactive ketones (excluding diaryl/α,β-unsaturated/α-hetero) is 1. The van der Waals surface area contributed by atoms with E-state index in [-0.39, 0.29) is 17.7 Å². The summed E-state index contributed by atoms with van der Waals surface area (Å²) in [6, 6.07) is 9.60. The summed E-state index contributed by atoms with van der Waals surface area (Å²) >= 11 is 1.32.